The normalized spacial score (nSPS) is 11.3. The Morgan fingerprint density at radius 3 is 2.10 bits per heavy atom. The largest absolute Gasteiger partial charge is 0.478 e. The van der Waals surface area contributed by atoms with Gasteiger partial charge in [0.25, 0.3) is 0 Å². The third-order valence-corrected chi connectivity index (χ3v) is 3.11. The van der Waals surface area contributed by atoms with Gasteiger partial charge >= 0.3 is 5.97 Å². The van der Waals surface area contributed by atoms with Crippen molar-refractivity contribution in [2.75, 3.05) is 19.0 Å². The zero-order chi connectivity index (χ0) is 15.4. The van der Waals surface area contributed by atoms with Crippen LogP contribution >= 0.6 is 0 Å². The summed E-state index contributed by atoms with van der Waals surface area (Å²) in [5.41, 5.74) is 2.42. The second-order valence-corrected chi connectivity index (χ2v) is 4.86. The number of carbonyl (C=O) groups is 1. The predicted molar refractivity (Wildman–Crippen MR) is 82.7 cm³/mol. The smallest absolute Gasteiger partial charge is 0.336 e. The monoisotopic (exact) mass is 285 g/mol. The molecule has 0 aliphatic heterocycles. The van der Waals surface area contributed by atoms with Crippen LogP contribution in [0.15, 0.2) is 48.5 Å². The molecular formula is C17H16FNO2. The lowest BCUT2D eigenvalue weighted by Gasteiger charge is -2.12. The summed E-state index contributed by atoms with van der Waals surface area (Å²) in [4.78, 5) is 13.4. The minimum atomic E-state index is -1.04. The lowest BCUT2D eigenvalue weighted by atomic mass is 10.0. The molecule has 0 fully saturated rings. The Balaban J connectivity index is 2.37. The number of hydrogen-bond acceptors (Lipinski definition) is 2. The Kier molecular flexibility index (Phi) is 4.38. The van der Waals surface area contributed by atoms with E-state index >= 15 is 0 Å². The van der Waals surface area contributed by atoms with Crippen molar-refractivity contribution in [2.24, 2.45) is 0 Å². The summed E-state index contributed by atoms with van der Waals surface area (Å²) in [6, 6.07) is 12.9. The first-order valence-corrected chi connectivity index (χ1v) is 6.45. The maximum absolute atomic E-state index is 12.9. The van der Waals surface area contributed by atoms with Crippen molar-refractivity contribution in [3.8, 4) is 0 Å². The average Bonchev–Trinajstić information content (AvgIpc) is 2.46. The van der Waals surface area contributed by atoms with E-state index in [9.17, 15) is 14.3 Å². The van der Waals surface area contributed by atoms with Crippen molar-refractivity contribution < 1.29 is 14.3 Å². The number of hydrogen-bond donors (Lipinski definition) is 1. The summed E-state index contributed by atoms with van der Waals surface area (Å²) in [7, 11) is 3.87. The molecule has 0 saturated heterocycles. The Morgan fingerprint density at radius 2 is 1.62 bits per heavy atom. The molecule has 0 aliphatic rings. The van der Waals surface area contributed by atoms with E-state index in [0.29, 0.717) is 5.56 Å². The lowest BCUT2D eigenvalue weighted by Crippen LogP contribution is -2.08. The molecule has 0 radical (unpaired) electrons. The van der Waals surface area contributed by atoms with Gasteiger partial charge in [-0.3, -0.25) is 0 Å². The highest BCUT2D eigenvalue weighted by atomic mass is 19.1. The summed E-state index contributed by atoms with van der Waals surface area (Å²) in [5.74, 6) is -1.43. The molecule has 0 aromatic heterocycles. The van der Waals surface area contributed by atoms with Crippen molar-refractivity contribution in [1.29, 1.82) is 0 Å². The predicted octanol–water partition coefficient (Wildman–Crippen LogP) is 3.52. The number of carboxylic acid groups (broad SMARTS) is 1. The van der Waals surface area contributed by atoms with E-state index in [1.54, 1.807) is 6.08 Å². The molecule has 1 N–H and O–H groups in total. The molecule has 4 heteroatoms. The van der Waals surface area contributed by atoms with Gasteiger partial charge < -0.3 is 10.0 Å². The lowest BCUT2D eigenvalue weighted by molar-refractivity contribution is -0.130. The highest BCUT2D eigenvalue weighted by Crippen LogP contribution is 2.21. The van der Waals surface area contributed by atoms with Crippen LogP contribution in [0.1, 0.15) is 11.1 Å². The van der Waals surface area contributed by atoms with Gasteiger partial charge in [-0.25, -0.2) is 9.18 Å². The highest BCUT2D eigenvalue weighted by molar-refractivity contribution is 6.20. The molecule has 0 amide bonds. The van der Waals surface area contributed by atoms with Gasteiger partial charge in [-0.2, -0.15) is 0 Å². The number of benzene rings is 2. The zero-order valence-corrected chi connectivity index (χ0v) is 11.9. The van der Waals surface area contributed by atoms with Crippen LogP contribution in [0, 0.1) is 5.82 Å². The molecule has 2 aromatic carbocycles. The van der Waals surface area contributed by atoms with Crippen LogP contribution in [-0.2, 0) is 4.79 Å². The van der Waals surface area contributed by atoms with Gasteiger partial charge in [-0.15, -0.1) is 0 Å². The number of rotatable bonds is 4. The number of nitrogens with zero attached hydrogens (tertiary/aromatic N) is 1. The topological polar surface area (TPSA) is 40.5 Å². The number of carboxylic acids is 1. The maximum atomic E-state index is 12.9. The zero-order valence-electron chi connectivity index (χ0n) is 11.9. The molecule has 2 rings (SSSR count). The third kappa shape index (κ3) is 3.69. The number of anilines is 1. The van der Waals surface area contributed by atoms with Crippen LogP contribution in [0.5, 0.6) is 0 Å². The number of aliphatic carboxylic acids is 1. The first kappa shape index (κ1) is 14.8. The van der Waals surface area contributed by atoms with Crippen molar-refractivity contribution in [3.05, 3.63) is 65.5 Å². The molecular weight excluding hydrogens is 269 g/mol. The first-order chi connectivity index (χ1) is 9.97. The Morgan fingerprint density at radius 1 is 1.05 bits per heavy atom. The quantitative estimate of drug-likeness (QED) is 0.690. The summed E-state index contributed by atoms with van der Waals surface area (Å²) in [6.07, 6.45) is 1.58. The first-order valence-electron chi connectivity index (χ1n) is 6.45. The fraction of sp³-hybridized carbons (Fsp3) is 0.118. The molecule has 2 aromatic rings. The highest BCUT2D eigenvalue weighted by Gasteiger charge is 2.10. The molecule has 21 heavy (non-hydrogen) atoms. The fourth-order valence-electron chi connectivity index (χ4n) is 1.93. The van der Waals surface area contributed by atoms with Crippen LogP contribution in [0.4, 0.5) is 10.1 Å². The molecule has 0 spiro atoms. The van der Waals surface area contributed by atoms with Gasteiger partial charge in [0.15, 0.2) is 0 Å². The molecule has 0 unspecified atom stereocenters. The summed E-state index contributed by atoms with van der Waals surface area (Å²) < 4.78 is 12.9. The van der Waals surface area contributed by atoms with Gasteiger partial charge in [0.05, 0.1) is 5.57 Å². The van der Waals surface area contributed by atoms with Crippen LogP contribution < -0.4 is 4.90 Å². The minimum Gasteiger partial charge on any atom is -0.478 e. The van der Waals surface area contributed by atoms with Gasteiger partial charge in [-0.05, 0) is 41.5 Å². The van der Waals surface area contributed by atoms with Crippen LogP contribution in [0.25, 0.3) is 11.6 Å². The van der Waals surface area contributed by atoms with Crippen molar-refractivity contribution in [3.63, 3.8) is 0 Å². The van der Waals surface area contributed by atoms with Crippen LogP contribution in [0.3, 0.4) is 0 Å². The van der Waals surface area contributed by atoms with Crippen molar-refractivity contribution >= 4 is 23.3 Å². The van der Waals surface area contributed by atoms with Crippen LogP contribution in [0.2, 0.25) is 0 Å². The van der Waals surface area contributed by atoms with E-state index in [0.717, 1.165) is 11.3 Å². The van der Waals surface area contributed by atoms with E-state index in [-0.39, 0.29) is 11.4 Å². The number of halogens is 1. The second kappa shape index (κ2) is 6.22. The molecule has 0 atom stereocenters. The van der Waals surface area contributed by atoms with Crippen LogP contribution in [-0.4, -0.2) is 25.2 Å². The average molecular weight is 285 g/mol. The van der Waals surface area contributed by atoms with Gasteiger partial charge in [0, 0.05) is 19.8 Å². The van der Waals surface area contributed by atoms with Crippen molar-refractivity contribution in [1.82, 2.24) is 0 Å². The van der Waals surface area contributed by atoms with Gasteiger partial charge in [0.2, 0.25) is 0 Å². The molecule has 0 saturated carbocycles. The summed E-state index contributed by atoms with van der Waals surface area (Å²) in [5, 5.41) is 9.33. The fourth-order valence-corrected chi connectivity index (χ4v) is 1.93. The maximum Gasteiger partial charge on any atom is 0.336 e. The Labute approximate surface area is 123 Å². The Hall–Kier alpha value is -2.62. The van der Waals surface area contributed by atoms with E-state index < -0.39 is 5.97 Å². The van der Waals surface area contributed by atoms with E-state index in [1.807, 2.05) is 43.3 Å². The molecule has 108 valence electrons. The van der Waals surface area contributed by atoms with Crippen molar-refractivity contribution in [2.45, 2.75) is 0 Å². The van der Waals surface area contributed by atoms with E-state index in [1.165, 1.54) is 24.3 Å². The second-order valence-electron chi connectivity index (χ2n) is 4.86. The van der Waals surface area contributed by atoms with Gasteiger partial charge in [-0.1, -0.05) is 24.3 Å². The molecule has 0 heterocycles. The standard InChI is InChI=1S/C17H16FNO2/c1-19(2)15-9-3-12(4-10-15)11-16(17(20)21)13-5-7-14(18)8-6-13/h3-11H,1-2H3,(H,20,21)/b16-11+. The van der Waals surface area contributed by atoms with E-state index in [4.69, 9.17) is 0 Å². The third-order valence-electron chi connectivity index (χ3n) is 3.11. The SMILES string of the molecule is CN(C)c1ccc(/C=C(/C(=O)O)c2ccc(F)cc2)cc1. The molecule has 0 bridgehead atoms. The molecule has 3 nitrogen and oxygen atoms in total. The van der Waals surface area contributed by atoms with Gasteiger partial charge in [0.1, 0.15) is 5.82 Å². The summed E-state index contributed by atoms with van der Waals surface area (Å²) in [6.45, 7) is 0. The summed E-state index contributed by atoms with van der Waals surface area (Å²) >= 11 is 0. The minimum absolute atomic E-state index is 0.132. The Bertz CT molecular complexity index is 658. The van der Waals surface area contributed by atoms with E-state index in [2.05, 4.69) is 0 Å². The molecule has 0 aliphatic carbocycles.